The van der Waals surface area contributed by atoms with Gasteiger partial charge in [-0.1, -0.05) is 90.0 Å². The Kier molecular flexibility index (Phi) is 9.75. The number of hydrogen-bond donors (Lipinski definition) is 1. The summed E-state index contributed by atoms with van der Waals surface area (Å²) in [5.74, 6) is -1.85. The molecule has 0 aromatic heterocycles. The number of sulfonamides is 1. The molecule has 0 aliphatic heterocycles. The highest BCUT2D eigenvalue weighted by molar-refractivity contribution is 7.92. The van der Waals surface area contributed by atoms with Gasteiger partial charge in [-0.3, -0.25) is 13.9 Å². The minimum absolute atomic E-state index is 0.0414. The van der Waals surface area contributed by atoms with E-state index < -0.39 is 40.2 Å². The maximum absolute atomic E-state index is 15.1. The average Bonchev–Trinajstić information content (AvgIpc) is 2.99. The van der Waals surface area contributed by atoms with Crippen LogP contribution < -0.4 is 9.62 Å². The lowest BCUT2D eigenvalue weighted by molar-refractivity contribution is -0.139. The maximum atomic E-state index is 15.1. The Labute approximate surface area is 246 Å². The number of carbonyl (C=O) groups is 2. The van der Waals surface area contributed by atoms with Crippen LogP contribution in [0.3, 0.4) is 0 Å². The number of anilines is 1. The number of carbonyl (C=O) groups excluding carboxylic acids is 2. The highest BCUT2D eigenvalue weighted by atomic mass is 32.2. The molecule has 7 nitrogen and oxygen atoms in total. The van der Waals surface area contributed by atoms with E-state index in [1.807, 2.05) is 68.4 Å². The lowest BCUT2D eigenvalue weighted by Gasteiger charge is -2.33. The zero-order valence-electron chi connectivity index (χ0n) is 23.8. The van der Waals surface area contributed by atoms with Gasteiger partial charge in [-0.05, 0) is 49.2 Å². The highest BCUT2D eigenvalue weighted by Gasteiger charge is 2.35. The molecule has 4 aromatic rings. The SMILES string of the molecule is CNC(=O)[C@@H](Cc1ccccc1)N(Cc1ccc(C)cc1)C(=O)CN(c1ccccc1F)S(=O)(=O)c1ccc(C)cc1. The van der Waals surface area contributed by atoms with Crippen molar-refractivity contribution in [3.05, 3.63) is 131 Å². The molecule has 4 aromatic carbocycles. The van der Waals surface area contributed by atoms with Crippen molar-refractivity contribution in [1.82, 2.24) is 10.2 Å². The molecule has 0 aliphatic carbocycles. The van der Waals surface area contributed by atoms with Crippen LogP contribution in [0.25, 0.3) is 0 Å². The van der Waals surface area contributed by atoms with E-state index in [2.05, 4.69) is 5.32 Å². The molecule has 42 heavy (non-hydrogen) atoms. The van der Waals surface area contributed by atoms with Gasteiger partial charge >= 0.3 is 0 Å². The number of nitrogens with zero attached hydrogens (tertiary/aromatic N) is 2. The fourth-order valence-electron chi connectivity index (χ4n) is 4.62. The van der Waals surface area contributed by atoms with E-state index in [9.17, 15) is 18.0 Å². The first-order valence-electron chi connectivity index (χ1n) is 13.5. The van der Waals surface area contributed by atoms with Crippen LogP contribution in [0.15, 0.2) is 108 Å². The second-order valence-electron chi connectivity index (χ2n) is 10.1. The van der Waals surface area contributed by atoms with Crippen molar-refractivity contribution in [2.24, 2.45) is 0 Å². The summed E-state index contributed by atoms with van der Waals surface area (Å²) in [6.45, 7) is 3.09. The lowest BCUT2D eigenvalue weighted by atomic mass is 10.0. The minimum Gasteiger partial charge on any atom is -0.357 e. The Hall–Kier alpha value is -4.50. The van der Waals surface area contributed by atoms with Gasteiger partial charge < -0.3 is 10.2 Å². The van der Waals surface area contributed by atoms with Crippen molar-refractivity contribution in [2.75, 3.05) is 17.9 Å². The summed E-state index contributed by atoms with van der Waals surface area (Å²) in [6.07, 6.45) is 0.197. The zero-order valence-corrected chi connectivity index (χ0v) is 24.6. The fraction of sp³-hybridized carbons (Fsp3) is 0.212. The normalized spacial score (nSPS) is 11.9. The van der Waals surface area contributed by atoms with E-state index in [4.69, 9.17) is 0 Å². The number of amides is 2. The van der Waals surface area contributed by atoms with Crippen LogP contribution in [0.4, 0.5) is 10.1 Å². The number of benzene rings is 4. The van der Waals surface area contributed by atoms with Crippen molar-refractivity contribution in [3.63, 3.8) is 0 Å². The molecule has 0 unspecified atom stereocenters. The molecule has 0 heterocycles. The van der Waals surface area contributed by atoms with Gasteiger partial charge in [0, 0.05) is 20.0 Å². The predicted molar refractivity (Wildman–Crippen MR) is 162 cm³/mol. The first-order valence-corrected chi connectivity index (χ1v) is 15.0. The van der Waals surface area contributed by atoms with Gasteiger partial charge in [0.2, 0.25) is 11.8 Å². The van der Waals surface area contributed by atoms with Crippen LogP contribution >= 0.6 is 0 Å². The van der Waals surface area contributed by atoms with Crippen LogP contribution in [-0.2, 0) is 32.6 Å². The van der Waals surface area contributed by atoms with Crippen molar-refractivity contribution in [1.29, 1.82) is 0 Å². The summed E-state index contributed by atoms with van der Waals surface area (Å²) in [4.78, 5) is 28.8. The topological polar surface area (TPSA) is 86.8 Å². The molecule has 0 spiro atoms. The molecule has 0 aliphatic rings. The van der Waals surface area contributed by atoms with Gasteiger partial charge in [-0.25, -0.2) is 12.8 Å². The molecule has 9 heteroatoms. The minimum atomic E-state index is -4.37. The second-order valence-corrected chi connectivity index (χ2v) is 12.0. The summed E-state index contributed by atoms with van der Waals surface area (Å²) in [6, 6.07) is 27.4. The molecular formula is C33H34FN3O4S. The molecule has 0 radical (unpaired) electrons. The van der Waals surface area contributed by atoms with Crippen molar-refractivity contribution in [3.8, 4) is 0 Å². The summed E-state index contributed by atoms with van der Waals surface area (Å²) in [5, 5.41) is 2.65. The third kappa shape index (κ3) is 7.22. The van der Waals surface area contributed by atoms with Gasteiger partial charge in [0.25, 0.3) is 10.0 Å². The number of rotatable bonds is 11. The molecule has 218 valence electrons. The predicted octanol–water partition coefficient (Wildman–Crippen LogP) is 5.02. The third-order valence-electron chi connectivity index (χ3n) is 7.00. The first-order chi connectivity index (χ1) is 20.1. The second kappa shape index (κ2) is 13.4. The maximum Gasteiger partial charge on any atom is 0.264 e. The Bertz CT molecular complexity index is 1630. The zero-order chi connectivity index (χ0) is 30.3. The third-order valence-corrected chi connectivity index (χ3v) is 8.77. The van der Waals surface area contributed by atoms with E-state index in [1.165, 1.54) is 42.3 Å². The Balaban J connectivity index is 1.79. The molecule has 4 rings (SSSR count). The molecule has 2 amide bonds. The van der Waals surface area contributed by atoms with E-state index >= 15 is 4.39 Å². The number of hydrogen-bond acceptors (Lipinski definition) is 4. The van der Waals surface area contributed by atoms with Gasteiger partial charge in [0.05, 0.1) is 10.6 Å². The van der Waals surface area contributed by atoms with Gasteiger partial charge in [0.1, 0.15) is 18.4 Å². The molecule has 0 saturated carbocycles. The van der Waals surface area contributed by atoms with Crippen LogP contribution in [0.2, 0.25) is 0 Å². The van der Waals surface area contributed by atoms with Crippen molar-refractivity contribution >= 4 is 27.5 Å². The molecule has 1 N–H and O–H groups in total. The van der Waals surface area contributed by atoms with Crippen molar-refractivity contribution in [2.45, 2.75) is 37.8 Å². The number of aryl methyl sites for hydroxylation is 2. The molecule has 0 bridgehead atoms. The summed E-state index contributed by atoms with van der Waals surface area (Å²) >= 11 is 0. The van der Waals surface area contributed by atoms with Crippen LogP contribution in [0.5, 0.6) is 0 Å². The molecule has 1 atom stereocenters. The number of nitrogens with one attached hydrogen (secondary N) is 1. The fourth-order valence-corrected chi connectivity index (χ4v) is 6.04. The summed E-state index contributed by atoms with van der Waals surface area (Å²) in [7, 11) is -2.88. The quantitative estimate of drug-likeness (QED) is 0.267. The van der Waals surface area contributed by atoms with E-state index in [-0.39, 0.29) is 23.5 Å². The largest absolute Gasteiger partial charge is 0.357 e. The number of para-hydroxylation sites is 1. The lowest BCUT2D eigenvalue weighted by Crippen LogP contribution is -2.53. The first kappa shape index (κ1) is 30.5. The molecule has 0 saturated heterocycles. The molecule has 0 fully saturated rings. The number of likely N-dealkylation sites (N-methyl/N-ethyl adjacent to an activating group) is 1. The van der Waals surface area contributed by atoms with Crippen LogP contribution in [0, 0.1) is 19.7 Å². The molecular weight excluding hydrogens is 553 g/mol. The van der Waals surface area contributed by atoms with Crippen molar-refractivity contribution < 1.29 is 22.4 Å². The van der Waals surface area contributed by atoms with Crippen LogP contribution in [0.1, 0.15) is 22.3 Å². The van der Waals surface area contributed by atoms with E-state index in [0.29, 0.717) is 0 Å². The average molecular weight is 588 g/mol. The Morgan fingerprint density at radius 3 is 1.95 bits per heavy atom. The number of halogens is 1. The standard InChI is InChI=1S/C33H34FN3O4S/c1-24-13-17-27(18-14-24)22-36(31(33(39)35-3)21-26-9-5-4-6-10-26)32(38)23-37(30-12-8-7-11-29(30)34)42(40,41)28-19-15-25(2)16-20-28/h4-20,31H,21-23H2,1-3H3,(H,35,39)/t31-/m1/s1. The summed E-state index contributed by atoms with van der Waals surface area (Å²) in [5.41, 5.74) is 3.20. The highest BCUT2D eigenvalue weighted by Crippen LogP contribution is 2.27. The van der Waals surface area contributed by atoms with Gasteiger partial charge in [0.15, 0.2) is 0 Å². The van der Waals surface area contributed by atoms with E-state index in [1.54, 1.807) is 12.1 Å². The van der Waals surface area contributed by atoms with Gasteiger partial charge in [-0.15, -0.1) is 0 Å². The Morgan fingerprint density at radius 2 is 1.36 bits per heavy atom. The smallest absolute Gasteiger partial charge is 0.264 e. The van der Waals surface area contributed by atoms with Crippen LogP contribution in [-0.4, -0.2) is 44.8 Å². The van der Waals surface area contributed by atoms with E-state index in [0.717, 1.165) is 32.6 Å². The van der Waals surface area contributed by atoms with Gasteiger partial charge in [-0.2, -0.15) is 0 Å². The summed E-state index contributed by atoms with van der Waals surface area (Å²) < 4.78 is 43.7. The Morgan fingerprint density at radius 1 is 0.786 bits per heavy atom. The monoisotopic (exact) mass is 587 g/mol.